The van der Waals surface area contributed by atoms with Crippen molar-refractivity contribution in [2.45, 2.75) is 12.8 Å². The highest BCUT2D eigenvalue weighted by Gasteiger charge is 2.24. The van der Waals surface area contributed by atoms with Crippen LogP contribution in [0.2, 0.25) is 0 Å². The van der Waals surface area contributed by atoms with Crippen molar-refractivity contribution in [3.8, 4) is 33.4 Å². The first-order valence-corrected chi connectivity index (χ1v) is 19.7. The van der Waals surface area contributed by atoms with Gasteiger partial charge in [-0.2, -0.15) is 0 Å². The quantitative estimate of drug-likeness (QED) is 0.160. The number of benzene rings is 8. The average molecular weight is 728 g/mol. The fourth-order valence-corrected chi connectivity index (χ4v) is 8.84. The Kier molecular flexibility index (Phi) is 7.96. The van der Waals surface area contributed by atoms with Crippen LogP contribution >= 0.6 is 0 Å². The van der Waals surface area contributed by atoms with Gasteiger partial charge in [0.25, 0.3) is 0 Å². The topological polar surface area (TPSA) is 29.0 Å². The minimum atomic E-state index is 0.827. The molecule has 1 aliphatic rings. The van der Waals surface area contributed by atoms with Crippen LogP contribution in [-0.2, 0) is 6.42 Å². The molecule has 0 amide bonds. The summed E-state index contributed by atoms with van der Waals surface area (Å²) < 4.78 is 0. The van der Waals surface area contributed by atoms with Gasteiger partial charge in [-0.15, -0.1) is 0 Å². The number of aromatic nitrogens is 2. The highest BCUT2D eigenvalue weighted by atomic mass is 15.2. The Morgan fingerprint density at radius 1 is 0.439 bits per heavy atom. The number of rotatable bonds is 6. The minimum absolute atomic E-state index is 0.827. The average Bonchev–Trinajstić information content (AvgIpc) is 3.29. The lowest BCUT2D eigenvalue weighted by atomic mass is 9.81. The van der Waals surface area contributed by atoms with Gasteiger partial charge in [0.2, 0.25) is 0 Å². The van der Waals surface area contributed by atoms with E-state index in [1.807, 2.05) is 0 Å². The summed E-state index contributed by atoms with van der Waals surface area (Å²) in [6.45, 7) is 0. The van der Waals surface area contributed by atoms with E-state index in [1.165, 1.54) is 71.3 Å². The standard InChI is InChI=1S/C54H37N3/c1-4-16-36(17-5-1)45-35-46(37-18-6-2-7-19-37)53-43-25-13-12-24-42(43)47-34-41(30-31-44(47)54(53)52(45)40-22-8-3-9-23-40)57(50-32-28-38-20-10-14-26-48(38)55-50)51-33-29-39-21-11-15-27-49(39)56-51/h1-10,12-20,22-35H,11,21H2. The zero-order valence-corrected chi connectivity index (χ0v) is 31.3. The zero-order chi connectivity index (χ0) is 37.7. The molecular formula is C54H37N3. The second kappa shape index (κ2) is 13.7. The van der Waals surface area contributed by atoms with Crippen molar-refractivity contribution in [2.75, 3.05) is 4.90 Å². The van der Waals surface area contributed by atoms with Crippen LogP contribution in [0.3, 0.4) is 0 Å². The molecule has 0 radical (unpaired) electrons. The van der Waals surface area contributed by atoms with Crippen LogP contribution < -0.4 is 4.90 Å². The van der Waals surface area contributed by atoms with Crippen LogP contribution in [0.15, 0.2) is 194 Å². The van der Waals surface area contributed by atoms with Gasteiger partial charge in [0.15, 0.2) is 0 Å². The maximum Gasteiger partial charge on any atom is 0.139 e. The molecule has 1 aliphatic carbocycles. The number of anilines is 3. The van der Waals surface area contributed by atoms with Crippen molar-refractivity contribution in [1.82, 2.24) is 9.97 Å². The Morgan fingerprint density at radius 2 is 1.07 bits per heavy atom. The van der Waals surface area contributed by atoms with E-state index in [1.54, 1.807) is 0 Å². The summed E-state index contributed by atoms with van der Waals surface area (Å²) in [5, 5.41) is 8.42. The Balaban J connectivity index is 1.27. The summed E-state index contributed by atoms with van der Waals surface area (Å²) in [7, 11) is 0. The summed E-state index contributed by atoms with van der Waals surface area (Å²) in [5.41, 5.74) is 11.5. The molecule has 0 aliphatic heterocycles. The highest BCUT2D eigenvalue weighted by Crippen LogP contribution is 2.50. The summed E-state index contributed by atoms with van der Waals surface area (Å²) in [5.74, 6) is 1.67. The number of hydrogen-bond acceptors (Lipinski definition) is 3. The Hall–Kier alpha value is -7.36. The van der Waals surface area contributed by atoms with Gasteiger partial charge in [-0.05, 0) is 133 Å². The van der Waals surface area contributed by atoms with E-state index in [4.69, 9.17) is 9.97 Å². The fourth-order valence-electron chi connectivity index (χ4n) is 8.84. The maximum atomic E-state index is 5.28. The third kappa shape index (κ3) is 5.67. The van der Waals surface area contributed by atoms with Gasteiger partial charge in [-0.25, -0.2) is 9.97 Å². The van der Waals surface area contributed by atoms with Crippen LogP contribution in [0.5, 0.6) is 0 Å². The molecule has 2 aromatic heterocycles. The predicted molar refractivity (Wildman–Crippen MR) is 240 cm³/mol. The van der Waals surface area contributed by atoms with Gasteiger partial charge in [0.1, 0.15) is 11.6 Å². The number of fused-ring (bicyclic) bond motifs is 8. The number of hydrogen-bond donors (Lipinski definition) is 0. The first kappa shape index (κ1) is 33.0. The third-order valence-corrected chi connectivity index (χ3v) is 11.5. The molecule has 0 spiro atoms. The molecule has 3 nitrogen and oxygen atoms in total. The molecule has 10 aromatic rings. The summed E-state index contributed by atoms with van der Waals surface area (Å²) in [6, 6.07) is 67.9. The summed E-state index contributed by atoms with van der Waals surface area (Å²) in [6.07, 6.45) is 6.43. The van der Waals surface area contributed by atoms with E-state index in [2.05, 4.69) is 205 Å². The van der Waals surface area contributed by atoms with E-state index in [0.29, 0.717) is 0 Å². The van der Waals surface area contributed by atoms with Crippen LogP contribution in [0, 0.1) is 0 Å². The van der Waals surface area contributed by atoms with Crippen molar-refractivity contribution in [2.24, 2.45) is 0 Å². The normalized spacial score (nSPS) is 12.4. The molecule has 268 valence electrons. The predicted octanol–water partition coefficient (Wildman–Crippen LogP) is 14.5. The van der Waals surface area contributed by atoms with Crippen LogP contribution in [0.4, 0.5) is 17.3 Å². The Bertz CT molecular complexity index is 3170. The van der Waals surface area contributed by atoms with Gasteiger partial charge < -0.3 is 0 Å². The van der Waals surface area contributed by atoms with Gasteiger partial charge in [0, 0.05) is 11.1 Å². The molecule has 57 heavy (non-hydrogen) atoms. The first-order valence-electron chi connectivity index (χ1n) is 19.7. The SMILES string of the molecule is C1=Cc2nc(N(c3ccc4c(c3)c3ccccc3c3c(-c5ccccc5)cc(-c5ccccc5)c(-c5ccccc5)c43)c3ccc4ccccc4n3)ccc2CC1. The van der Waals surface area contributed by atoms with Gasteiger partial charge in [-0.1, -0.05) is 152 Å². The van der Waals surface area contributed by atoms with E-state index in [9.17, 15) is 0 Å². The summed E-state index contributed by atoms with van der Waals surface area (Å²) in [4.78, 5) is 12.8. The van der Waals surface area contributed by atoms with Crippen LogP contribution in [-0.4, -0.2) is 9.97 Å². The smallest absolute Gasteiger partial charge is 0.139 e. The molecule has 8 aromatic carbocycles. The molecule has 0 atom stereocenters. The zero-order valence-electron chi connectivity index (χ0n) is 31.3. The molecular weight excluding hydrogens is 691 g/mol. The number of nitrogens with zero attached hydrogens (tertiary/aromatic N) is 3. The molecule has 0 bridgehead atoms. The van der Waals surface area contributed by atoms with Crippen molar-refractivity contribution in [1.29, 1.82) is 0 Å². The lowest BCUT2D eigenvalue weighted by Crippen LogP contribution is -2.14. The minimum Gasteiger partial charge on any atom is -0.279 e. The monoisotopic (exact) mass is 727 g/mol. The van der Waals surface area contributed by atoms with Gasteiger partial charge in [0.05, 0.1) is 11.2 Å². The number of aryl methyl sites for hydroxylation is 1. The Morgan fingerprint density at radius 3 is 1.86 bits per heavy atom. The molecule has 0 fully saturated rings. The number of para-hydroxylation sites is 1. The van der Waals surface area contributed by atoms with Crippen molar-refractivity contribution >= 4 is 66.6 Å². The van der Waals surface area contributed by atoms with Crippen LogP contribution in [0.25, 0.3) is 82.7 Å². The fraction of sp³-hybridized carbons (Fsp3) is 0.0370. The molecule has 11 rings (SSSR count). The van der Waals surface area contributed by atoms with E-state index in [-0.39, 0.29) is 0 Å². The second-order valence-corrected chi connectivity index (χ2v) is 14.8. The summed E-state index contributed by atoms with van der Waals surface area (Å²) >= 11 is 0. The Labute approximate surface area is 331 Å². The molecule has 0 saturated carbocycles. The molecule has 0 unspecified atom stereocenters. The first-order chi connectivity index (χ1) is 28.3. The van der Waals surface area contributed by atoms with Crippen LogP contribution in [0.1, 0.15) is 17.7 Å². The van der Waals surface area contributed by atoms with Gasteiger partial charge >= 0.3 is 0 Å². The number of pyridine rings is 2. The molecule has 3 heteroatoms. The lowest BCUT2D eigenvalue weighted by Gasteiger charge is -2.26. The largest absolute Gasteiger partial charge is 0.279 e. The lowest BCUT2D eigenvalue weighted by molar-refractivity contribution is 0.960. The van der Waals surface area contributed by atoms with E-state index < -0.39 is 0 Å². The second-order valence-electron chi connectivity index (χ2n) is 14.8. The van der Waals surface area contributed by atoms with E-state index in [0.717, 1.165) is 46.8 Å². The number of allylic oxidation sites excluding steroid dienone is 1. The molecule has 0 saturated heterocycles. The van der Waals surface area contributed by atoms with Gasteiger partial charge in [-0.3, -0.25) is 4.90 Å². The molecule has 0 N–H and O–H groups in total. The van der Waals surface area contributed by atoms with E-state index >= 15 is 0 Å². The third-order valence-electron chi connectivity index (χ3n) is 11.5. The molecule has 2 heterocycles. The maximum absolute atomic E-state index is 5.28. The highest BCUT2D eigenvalue weighted by molar-refractivity contribution is 6.33. The van der Waals surface area contributed by atoms with Crippen molar-refractivity contribution in [3.63, 3.8) is 0 Å². The van der Waals surface area contributed by atoms with Crippen molar-refractivity contribution in [3.05, 3.63) is 205 Å². The van der Waals surface area contributed by atoms with Crippen molar-refractivity contribution < 1.29 is 0 Å².